The fourth-order valence-electron chi connectivity index (χ4n) is 2.48. The van der Waals surface area contributed by atoms with Gasteiger partial charge in [-0.05, 0) is 35.9 Å². The zero-order chi connectivity index (χ0) is 19.9. The largest absolute Gasteiger partial charge is 0.497 e. The average Bonchev–Trinajstić information content (AvgIpc) is 2.97. The van der Waals surface area contributed by atoms with Crippen LogP contribution in [0.2, 0.25) is 0 Å². The smallest absolute Gasteiger partial charge is 0.266 e. The summed E-state index contributed by atoms with van der Waals surface area (Å²) in [6.45, 7) is -0.129. The topological polar surface area (TPSA) is 58.6 Å². The monoisotopic (exact) mass is 410 g/mol. The molecule has 0 spiro atoms. The number of hydrogen-bond acceptors (Lipinski definition) is 5. The van der Waals surface area contributed by atoms with Crippen molar-refractivity contribution in [2.75, 3.05) is 19.0 Å². The van der Waals surface area contributed by atoms with Crippen molar-refractivity contribution in [3.63, 3.8) is 0 Å². The molecule has 0 unspecified atom stereocenters. The lowest BCUT2D eigenvalue weighted by Crippen LogP contribution is -2.36. The van der Waals surface area contributed by atoms with Crippen molar-refractivity contribution in [1.29, 1.82) is 0 Å². The molecule has 1 fully saturated rings. The molecule has 5 nitrogen and oxygen atoms in total. The number of amides is 2. The molecule has 2 aromatic rings. The van der Waals surface area contributed by atoms with Gasteiger partial charge in [0.25, 0.3) is 5.91 Å². The van der Waals surface area contributed by atoms with Crippen LogP contribution in [-0.2, 0) is 9.59 Å². The summed E-state index contributed by atoms with van der Waals surface area (Å²) in [5.41, 5.74) is 1.66. The average molecular weight is 411 g/mol. The second-order valence-corrected chi connectivity index (χ2v) is 7.51. The summed E-state index contributed by atoms with van der Waals surface area (Å²) in [7, 11) is 1.57. The van der Waals surface area contributed by atoms with Crippen LogP contribution in [0.1, 0.15) is 5.56 Å². The van der Waals surface area contributed by atoms with Crippen molar-refractivity contribution in [3.05, 3.63) is 77.2 Å². The molecule has 0 aromatic heterocycles. The van der Waals surface area contributed by atoms with Crippen LogP contribution >= 0.6 is 24.0 Å². The van der Waals surface area contributed by atoms with Gasteiger partial charge in [-0.3, -0.25) is 14.5 Å². The number of ether oxygens (including phenoxy) is 1. The van der Waals surface area contributed by atoms with E-state index < -0.39 is 0 Å². The van der Waals surface area contributed by atoms with E-state index in [0.717, 1.165) is 5.56 Å². The van der Waals surface area contributed by atoms with Gasteiger partial charge >= 0.3 is 0 Å². The van der Waals surface area contributed by atoms with E-state index in [9.17, 15) is 9.59 Å². The Hall–Kier alpha value is -2.90. The van der Waals surface area contributed by atoms with Gasteiger partial charge in [0.05, 0.1) is 12.0 Å². The number of allylic oxidation sites excluding steroid dienone is 2. The van der Waals surface area contributed by atoms with E-state index in [1.54, 1.807) is 43.5 Å². The Kier molecular flexibility index (Phi) is 6.62. The number of nitrogens with zero attached hydrogens (tertiary/aromatic N) is 1. The molecule has 0 saturated carbocycles. The maximum atomic E-state index is 12.5. The number of methoxy groups -OCH3 is 1. The van der Waals surface area contributed by atoms with Gasteiger partial charge in [-0.2, -0.15) is 0 Å². The fraction of sp³-hybridized carbons (Fsp3) is 0.0952. The SMILES string of the molecule is COc1ccc(NC(=O)CN2C(=O)/C(=C/C=C/c3ccccc3)SC2=S)cc1. The number of thiocarbonyl (C=S) groups is 1. The van der Waals surface area contributed by atoms with Crippen molar-refractivity contribution in [3.8, 4) is 5.75 Å². The number of thioether (sulfide) groups is 1. The fourth-order valence-corrected chi connectivity index (χ4v) is 3.69. The third-order valence-electron chi connectivity index (χ3n) is 3.88. The zero-order valence-electron chi connectivity index (χ0n) is 15.1. The van der Waals surface area contributed by atoms with Gasteiger partial charge in [-0.1, -0.05) is 66.5 Å². The predicted molar refractivity (Wildman–Crippen MR) is 117 cm³/mol. The zero-order valence-corrected chi connectivity index (χ0v) is 16.8. The molecule has 0 aliphatic carbocycles. The van der Waals surface area contributed by atoms with Gasteiger partial charge in [0, 0.05) is 5.69 Å². The number of carbonyl (C=O) groups is 2. The van der Waals surface area contributed by atoms with Crippen LogP contribution < -0.4 is 10.1 Å². The maximum Gasteiger partial charge on any atom is 0.266 e. The predicted octanol–water partition coefficient (Wildman–Crippen LogP) is 4.09. The minimum atomic E-state index is -0.317. The summed E-state index contributed by atoms with van der Waals surface area (Å²) in [5.74, 6) is 0.115. The van der Waals surface area contributed by atoms with Crippen LogP contribution in [0.15, 0.2) is 71.7 Å². The highest BCUT2D eigenvalue weighted by molar-refractivity contribution is 8.26. The molecule has 7 heteroatoms. The van der Waals surface area contributed by atoms with Crippen molar-refractivity contribution in [2.45, 2.75) is 0 Å². The van der Waals surface area contributed by atoms with Gasteiger partial charge in [0.2, 0.25) is 5.91 Å². The molecule has 1 aliphatic heterocycles. The summed E-state index contributed by atoms with van der Waals surface area (Å²) >= 11 is 6.45. The van der Waals surface area contributed by atoms with Crippen molar-refractivity contribution in [1.82, 2.24) is 4.90 Å². The Bertz CT molecular complexity index is 938. The van der Waals surface area contributed by atoms with E-state index in [1.807, 2.05) is 36.4 Å². The molecule has 1 aliphatic rings. The van der Waals surface area contributed by atoms with Gasteiger partial charge < -0.3 is 10.1 Å². The summed E-state index contributed by atoms with van der Waals surface area (Å²) in [4.78, 5) is 26.6. The van der Waals surface area contributed by atoms with E-state index in [0.29, 0.717) is 20.7 Å². The molecular formula is C21H18N2O3S2. The number of nitrogens with one attached hydrogen (secondary N) is 1. The molecule has 1 saturated heterocycles. The maximum absolute atomic E-state index is 12.5. The summed E-state index contributed by atoms with van der Waals surface area (Å²) in [6, 6.07) is 16.7. The molecule has 0 radical (unpaired) electrons. The highest BCUT2D eigenvalue weighted by Crippen LogP contribution is 2.30. The molecule has 3 rings (SSSR count). The summed E-state index contributed by atoms with van der Waals surface area (Å²) < 4.78 is 5.45. The second kappa shape index (κ2) is 9.34. The molecular weight excluding hydrogens is 392 g/mol. The molecule has 1 N–H and O–H groups in total. The first-order valence-electron chi connectivity index (χ1n) is 8.48. The third kappa shape index (κ3) is 5.09. The van der Waals surface area contributed by atoms with Gasteiger partial charge in [-0.15, -0.1) is 0 Å². The van der Waals surface area contributed by atoms with Crippen LogP contribution in [0.3, 0.4) is 0 Å². The van der Waals surface area contributed by atoms with Crippen LogP contribution in [0, 0.1) is 0 Å². The van der Waals surface area contributed by atoms with Crippen LogP contribution in [0.25, 0.3) is 6.08 Å². The molecule has 0 bridgehead atoms. The summed E-state index contributed by atoms with van der Waals surface area (Å²) in [6.07, 6.45) is 5.43. The number of rotatable bonds is 6. The Balaban J connectivity index is 1.60. The minimum Gasteiger partial charge on any atom is -0.497 e. The van der Waals surface area contributed by atoms with Crippen LogP contribution in [-0.4, -0.2) is 34.7 Å². The first-order chi connectivity index (χ1) is 13.6. The first kappa shape index (κ1) is 19.9. The highest BCUT2D eigenvalue weighted by atomic mass is 32.2. The molecule has 28 heavy (non-hydrogen) atoms. The molecule has 0 atom stereocenters. The lowest BCUT2D eigenvalue weighted by Gasteiger charge is -2.14. The Labute approximate surface area is 173 Å². The molecule has 2 aromatic carbocycles. The van der Waals surface area contributed by atoms with Crippen LogP contribution in [0.5, 0.6) is 5.75 Å². The van der Waals surface area contributed by atoms with E-state index >= 15 is 0 Å². The highest BCUT2D eigenvalue weighted by Gasteiger charge is 2.33. The van der Waals surface area contributed by atoms with E-state index in [1.165, 1.54) is 16.7 Å². The van der Waals surface area contributed by atoms with E-state index in [4.69, 9.17) is 17.0 Å². The minimum absolute atomic E-state index is 0.129. The Morgan fingerprint density at radius 3 is 2.57 bits per heavy atom. The molecule has 1 heterocycles. The standard InChI is InChI=1S/C21H18N2O3S2/c1-26-17-12-10-16(11-13-17)22-19(24)14-23-20(25)18(28-21(23)27)9-5-8-15-6-3-2-4-7-15/h2-13H,14H2,1H3,(H,22,24)/b8-5+,18-9-. The summed E-state index contributed by atoms with van der Waals surface area (Å²) in [5, 5.41) is 2.75. The Morgan fingerprint density at radius 1 is 1.18 bits per heavy atom. The molecule has 142 valence electrons. The first-order valence-corrected chi connectivity index (χ1v) is 9.70. The van der Waals surface area contributed by atoms with E-state index in [-0.39, 0.29) is 18.4 Å². The molecule has 2 amide bonds. The van der Waals surface area contributed by atoms with Crippen molar-refractivity contribution < 1.29 is 14.3 Å². The van der Waals surface area contributed by atoms with Crippen molar-refractivity contribution in [2.24, 2.45) is 0 Å². The van der Waals surface area contributed by atoms with Gasteiger partial charge in [-0.25, -0.2) is 0 Å². The van der Waals surface area contributed by atoms with Gasteiger partial charge in [0.15, 0.2) is 0 Å². The quantitative estimate of drug-likeness (QED) is 0.574. The van der Waals surface area contributed by atoms with Crippen molar-refractivity contribution >= 4 is 51.9 Å². The number of anilines is 1. The van der Waals surface area contributed by atoms with Gasteiger partial charge in [0.1, 0.15) is 16.6 Å². The lowest BCUT2D eigenvalue weighted by molar-refractivity contribution is -0.126. The number of hydrogen-bond donors (Lipinski definition) is 1. The number of benzene rings is 2. The lowest BCUT2D eigenvalue weighted by atomic mass is 10.2. The third-order valence-corrected chi connectivity index (χ3v) is 5.28. The van der Waals surface area contributed by atoms with Crippen LogP contribution in [0.4, 0.5) is 5.69 Å². The Morgan fingerprint density at radius 2 is 1.89 bits per heavy atom. The number of carbonyl (C=O) groups excluding carboxylic acids is 2. The second-order valence-electron chi connectivity index (χ2n) is 5.84. The normalized spacial score (nSPS) is 15.5. The van der Waals surface area contributed by atoms with E-state index in [2.05, 4.69) is 5.32 Å².